The van der Waals surface area contributed by atoms with E-state index in [1.807, 2.05) is 18.2 Å². The Labute approximate surface area is 107 Å². The van der Waals surface area contributed by atoms with E-state index in [1.165, 1.54) is 7.11 Å². The molecule has 0 aromatic heterocycles. The summed E-state index contributed by atoms with van der Waals surface area (Å²) < 4.78 is 4.79. The molecule has 0 amide bonds. The third kappa shape index (κ3) is 2.26. The van der Waals surface area contributed by atoms with Gasteiger partial charge in [0.05, 0.1) is 13.2 Å². The lowest BCUT2D eigenvalue weighted by atomic mass is 9.82. The molecule has 1 fully saturated rings. The summed E-state index contributed by atoms with van der Waals surface area (Å²) in [6.07, 6.45) is 2.84. The average molecular weight is 249 g/mol. The molecule has 2 rings (SSSR count). The van der Waals surface area contributed by atoms with Crippen molar-refractivity contribution in [3.8, 4) is 0 Å². The van der Waals surface area contributed by atoms with E-state index in [0.29, 0.717) is 5.56 Å². The maximum atomic E-state index is 12.0. The van der Waals surface area contributed by atoms with Gasteiger partial charge in [0.25, 0.3) is 0 Å². The molecule has 1 aromatic rings. The van der Waals surface area contributed by atoms with Gasteiger partial charge >= 0.3 is 5.97 Å². The van der Waals surface area contributed by atoms with Crippen LogP contribution in [0, 0.1) is 0 Å². The van der Waals surface area contributed by atoms with Gasteiger partial charge in [0.1, 0.15) is 0 Å². The molecule has 0 bridgehead atoms. The van der Waals surface area contributed by atoms with Gasteiger partial charge in [-0.05, 0) is 24.9 Å². The van der Waals surface area contributed by atoms with Crippen LogP contribution in [0.25, 0.3) is 0 Å². The van der Waals surface area contributed by atoms with E-state index in [2.05, 4.69) is 5.32 Å². The molecular weight excluding hydrogens is 230 g/mol. The highest BCUT2D eigenvalue weighted by Crippen LogP contribution is 2.30. The number of rotatable bonds is 3. The number of esters is 1. The zero-order chi connectivity index (χ0) is 13.0. The molecule has 1 saturated heterocycles. The molecule has 2 atom stereocenters. The van der Waals surface area contributed by atoms with E-state index >= 15 is 0 Å². The minimum atomic E-state index is -1.60. The van der Waals surface area contributed by atoms with E-state index in [0.717, 1.165) is 25.8 Å². The Morgan fingerprint density at radius 2 is 2.11 bits per heavy atom. The number of benzene rings is 1. The number of carbonyl (C=O) groups excluding carboxylic acids is 1. The number of carbonyl (C=O) groups is 1. The Hall–Kier alpha value is -1.39. The van der Waals surface area contributed by atoms with Crippen LogP contribution in [-0.2, 0) is 15.1 Å². The fourth-order valence-electron chi connectivity index (χ4n) is 2.52. The predicted octanol–water partition coefficient (Wildman–Crippen LogP) is 1.19. The zero-order valence-corrected chi connectivity index (χ0v) is 10.6. The normalized spacial score (nSPS) is 23.1. The van der Waals surface area contributed by atoms with Crippen molar-refractivity contribution in [3.05, 3.63) is 35.9 Å². The molecule has 4 nitrogen and oxygen atoms in total. The fourth-order valence-corrected chi connectivity index (χ4v) is 2.52. The first-order chi connectivity index (χ1) is 8.69. The van der Waals surface area contributed by atoms with Crippen LogP contribution in [0.15, 0.2) is 30.3 Å². The first kappa shape index (κ1) is 13.1. The van der Waals surface area contributed by atoms with Crippen molar-refractivity contribution >= 4 is 5.97 Å². The lowest BCUT2D eigenvalue weighted by Gasteiger charge is -2.37. The third-order valence-electron chi connectivity index (χ3n) is 3.53. The molecule has 1 heterocycles. The fraction of sp³-hybridized carbons (Fsp3) is 0.500. The van der Waals surface area contributed by atoms with Crippen LogP contribution >= 0.6 is 0 Å². The van der Waals surface area contributed by atoms with Crippen molar-refractivity contribution in [1.29, 1.82) is 0 Å². The summed E-state index contributed by atoms with van der Waals surface area (Å²) in [6, 6.07) is 8.70. The Balaban J connectivity index is 2.36. The highest BCUT2D eigenvalue weighted by molar-refractivity contribution is 5.82. The average Bonchev–Trinajstić information content (AvgIpc) is 2.47. The summed E-state index contributed by atoms with van der Waals surface area (Å²) in [5, 5.41) is 14.1. The van der Waals surface area contributed by atoms with Crippen LogP contribution in [0.5, 0.6) is 0 Å². The monoisotopic (exact) mass is 249 g/mol. The van der Waals surface area contributed by atoms with Gasteiger partial charge < -0.3 is 15.2 Å². The molecule has 1 aliphatic heterocycles. The largest absolute Gasteiger partial charge is 0.467 e. The number of nitrogens with one attached hydrogen (secondary N) is 1. The van der Waals surface area contributed by atoms with E-state index in [1.54, 1.807) is 12.1 Å². The standard InChI is InChI=1S/C14H19NO3/c1-18-13(16)14(17,11-7-3-2-4-8-11)12-9-5-6-10-15-12/h2-4,7-8,12,15,17H,5-6,9-10H2,1H3/t12-,14-/m1/s1. The Bertz CT molecular complexity index is 401. The molecule has 0 radical (unpaired) electrons. The maximum Gasteiger partial charge on any atom is 0.344 e. The molecule has 0 saturated carbocycles. The Kier molecular flexibility index (Phi) is 3.99. The molecule has 1 aliphatic rings. The van der Waals surface area contributed by atoms with Gasteiger partial charge in [-0.3, -0.25) is 0 Å². The molecular formula is C14H19NO3. The maximum absolute atomic E-state index is 12.0. The number of piperidine rings is 1. The van der Waals surface area contributed by atoms with Crippen molar-refractivity contribution in [1.82, 2.24) is 5.32 Å². The topological polar surface area (TPSA) is 58.6 Å². The summed E-state index contributed by atoms with van der Waals surface area (Å²) in [4.78, 5) is 12.0. The number of hydrogen-bond acceptors (Lipinski definition) is 4. The smallest absolute Gasteiger partial charge is 0.344 e. The van der Waals surface area contributed by atoms with Crippen LogP contribution in [-0.4, -0.2) is 30.8 Å². The van der Waals surface area contributed by atoms with E-state index in [9.17, 15) is 9.90 Å². The second-order valence-electron chi connectivity index (χ2n) is 4.63. The molecule has 4 heteroatoms. The molecule has 2 N–H and O–H groups in total. The second kappa shape index (κ2) is 5.50. The molecule has 1 aromatic carbocycles. The van der Waals surface area contributed by atoms with Gasteiger partial charge in [0, 0.05) is 0 Å². The Morgan fingerprint density at radius 1 is 1.39 bits per heavy atom. The third-order valence-corrected chi connectivity index (χ3v) is 3.53. The quantitative estimate of drug-likeness (QED) is 0.790. The second-order valence-corrected chi connectivity index (χ2v) is 4.63. The molecule has 0 aliphatic carbocycles. The highest BCUT2D eigenvalue weighted by atomic mass is 16.5. The SMILES string of the molecule is COC(=O)[C@@](O)(c1ccccc1)[C@H]1CCCCN1. The van der Waals surface area contributed by atoms with Crippen LogP contribution < -0.4 is 5.32 Å². The van der Waals surface area contributed by atoms with Gasteiger partial charge in [-0.1, -0.05) is 36.8 Å². The zero-order valence-electron chi connectivity index (χ0n) is 10.6. The van der Waals surface area contributed by atoms with E-state index < -0.39 is 11.6 Å². The number of hydrogen-bond donors (Lipinski definition) is 2. The minimum absolute atomic E-state index is 0.291. The summed E-state index contributed by atoms with van der Waals surface area (Å²) in [5.41, 5.74) is -1.02. The minimum Gasteiger partial charge on any atom is -0.467 e. The molecule has 98 valence electrons. The van der Waals surface area contributed by atoms with Crippen molar-refractivity contribution in [2.24, 2.45) is 0 Å². The van der Waals surface area contributed by atoms with Gasteiger partial charge in [0.15, 0.2) is 0 Å². The van der Waals surface area contributed by atoms with Crippen LogP contribution in [0.4, 0.5) is 0 Å². The van der Waals surface area contributed by atoms with Crippen LogP contribution in [0.1, 0.15) is 24.8 Å². The number of aliphatic hydroxyl groups is 1. The Morgan fingerprint density at radius 3 is 2.67 bits per heavy atom. The number of ether oxygens (including phenoxy) is 1. The van der Waals surface area contributed by atoms with Gasteiger partial charge in [0.2, 0.25) is 5.60 Å². The summed E-state index contributed by atoms with van der Waals surface area (Å²) >= 11 is 0. The summed E-state index contributed by atoms with van der Waals surface area (Å²) in [6.45, 7) is 0.816. The van der Waals surface area contributed by atoms with Crippen molar-refractivity contribution in [2.75, 3.05) is 13.7 Å². The predicted molar refractivity (Wildman–Crippen MR) is 68.0 cm³/mol. The first-order valence-corrected chi connectivity index (χ1v) is 6.29. The first-order valence-electron chi connectivity index (χ1n) is 6.29. The highest BCUT2D eigenvalue weighted by Gasteiger charge is 2.46. The summed E-state index contributed by atoms with van der Waals surface area (Å²) in [7, 11) is 1.30. The van der Waals surface area contributed by atoms with Crippen LogP contribution in [0.2, 0.25) is 0 Å². The molecule has 0 unspecified atom stereocenters. The van der Waals surface area contributed by atoms with Crippen LogP contribution in [0.3, 0.4) is 0 Å². The number of methoxy groups -OCH3 is 1. The summed E-state index contributed by atoms with van der Waals surface area (Å²) in [5.74, 6) is -0.604. The van der Waals surface area contributed by atoms with E-state index in [-0.39, 0.29) is 6.04 Å². The molecule has 0 spiro atoms. The lowest BCUT2D eigenvalue weighted by molar-refractivity contribution is -0.168. The van der Waals surface area contributed by atoms with Gasteiger partial charge in [-0.2, -0.15) is 0 Å². The van der Waals surface area contributed by atoms with Crippen molar-refractivity contribution < 1.29 is 14.6 Å². The van der Waals surface area contributed by atoms with Gasteiger partial charge in [-0.25, -0.2) is 4.79 Å². The van der Waals surface area contributed by atoms with Crippen molar-refractivity contribution in [2.45, 2.75) is 30.9 Å². The van der Waals surface area contributed by atoms with E-state index in [4.69, 9.17) is 4.74 Å². The molecule has 18 heavy (non-hydrogen) atoms. The van der Waals surface area contributed by atoms with Crippen molar-refractivity contribution in [3.63, 3.8) is 0 Å². The lowest BCUT2D eigenvalue weighted by Crippen LogP contribution is -2.55. The van der Waals surface area contributed by atoms with Gasteiger partial charge in [-0.15, -0.1) is 0 Å².